The van der Waals surface area contributed by atoms with Crippen LogP contribution in [0.1, 0.15) is 31.1 Å². The van der Waals surface area contributed by atoms with Crippen LogP contribution in [-0.2, 0) is 4.84 Å². The number of amides is 2. The van der Waals surface area contributed by atoms with Gasteiger partial charge in [-0.1, -0.05) is 29.3 Å². The molecule has 1 aliphatic rings. The number of nitrogens with zero attached hydrogens (tertiary/aromatic N) is 1. The fourth-order valence-electron chi connectivity index (χ4n) is 2.61. The molecule has 4 rings (SSSR count). The van der Waals surface area contributed by atoms with E-state index in [0.29, 0.717) is 5.06 Å². The quantitative estimate of drug-likeness (QED) is 0.675. The molecule has 5 nitrogen and oxygen atoms in total. The van der Waals surface area contributed by atoms with Gasteiger partial charge in [0.2, 0.25) is 0 Å². The topological polar surface area (TPSA) is 63.7 Å². The average molecular weight is 349 g/mol. The van der Waals surface area contributed by atoms with Gasteiger partial charge in [0.15, 0.2) is 0 Å². The monoisotopic (exact) mass is 349 g/mol. The van der Waals surface area contributed by atoms with Crippen molar-refractivity contribution in [2.75, 3.05) is 0 Å². The fraction of sp³-hybridized carbons (Fsp3) is 0. The second-order valence-corrected chi connectivity index (χ2v) is 6.20. The van der Waals surface area contributed by atoms with E-state index in [4.69, 9.17) is 4.84 Å². The number of fused-ring (bicyclic) bond motifs is 1. The van der Waals surface area contributed by atoms with Crippen LogP contribution in [0.3, 0.4) is 0 Å². The van der Waals surface area contributed by atoms with Crippen molar-refractivity contribution >= 4 is 29.1 Å². The molecule has 2 heterocycles. The second kappa shape index (κ2) is 5.99. The standard InChI is InChI=1S/C19H11NO4S/c21-17-15-3-1-2-4-16(15)18(22)20(17)24-19(23)13-7-5-12(6-8-13)14-9-10-25-11-14/h1-11H. The predicted molar refractivity (Wildman–Crippen MR) is 92.1 cm³/mol. The molecule has 0 N–H and O–H groups in total. The molecular weight excluding hydrogens is 338 g/mol. The highest BCUT2D eigenvalue weighted by Crippen LogP contribution is 2.25. The lowest BCUT2D eigenvalue weighted by Crippen LogP contribution is -2.32. The molecule has 0 fully saturated rings. The Hall–Kier alpha value is -3.25. The maximum Gasteiger partial charge on any atom is 0.363 e. The third kappa shape index (κ3) is 2.62. The maximum atomic E-state index is 12.3. The number of rotatable bonds is 3. The van der Waals surface area contributed by atoms with Crippen molar-refractivity contribution in [1.29, 1.82) is 0 Å². The molecule has 0 saturated carbocycles. The van der Waals surface area contributed by atoms with Gasteiger partial charge in [-0.05, 0) is 52.2 Å². The minimum atomic E-state index is -0.758. The molecule has 0 bridgehead atoms. The molecule has 122 valence electrons. The van der Waals surface area contributed by atoms with Gasteiger partial charge in [0.1, 0.15) is 0 Å². The van der Waals surface area contributed by atoms with E-state index >= 15 is 0 Å². The number of hydrogen-bond acceptors (Lipinski definition) is 5. The highest BCUT2D eigenvalue weighted by atomic mass is 32.1. The molecule has 0 aliphatic carbocycles. The lowest BCUT2D eigenvalue weighted by molar-refractivity contribution is -0.0584. The van der Waals surface area contributed by atoms with Crippen molar-refractivity contribution in [3.63, 3.8) is 0 Å². The van der Waals surface area contributed by atoms with E-state index < -0.39 is 17.8 Å². The summed E-state index contributed by atoms with van der Waals surface area (Å²) in [6.07, 6.45) is 0. The first-order valence-electron chi connectivity index (χ1n) is 7.48. The molecule has 0 unspecified atom stereocenters. The Labute approximate surface area is 147 Å². The van der Waals surface area contributed by atoms with Crippen LogP contribution in [0.25, 0.3) is 11.1 Å². The van der Waals surface area contributed by atoms with E-state index in [2.05, 4.69) is 0 Å². The summed E-state index contributed by atoms with van der Waals surface area (Å²) < 4.78 is 0. The maximum absolute atomic E-state index is 12.3. The van der Waals surface area contributed by atoms with Crippen LogP contribution in [0, 0.1) is 0 Å². The van der Waals surface area contributed by atoms with Gasteiger partial charge in [-0.2, -0.15) is 11.3 Å². The zero-order valence-corrected chi connectivity index (χ0v) is 13.7. The van der Waals surface area contributed by atoms with E-state index in [1.165, 1.54) is 12.1 Å². The third-order valence-corrected chi connectivity index (χ3v) is 4.59. The number of thiophene rings is 1. The second-order valence-electron chi connectivity index (χ2n) is 5.42. The summed E-state index contributed by atoms with van der Waals surface area (Å²) in [4.78, 5) is 41.7. The zero-order chi connectivity index (χ0) is 17.4. The summed E-state index contributed by atoms with van der Waals surface area (Å²) in [5, 5.41) is 4.49. The van der Waals surface area contributed by atoms with Gasteiger partial charge in [0.25, 0.3) is 11.8 Å². The van der Waals surface area contributed by atoms with E-state index in [1.807, 2.05) is 16.8 Å². The van der Waals surface area contributed by atoms with Gasteiger partial charge >= 0.3 is 5.97 Å². The molecule has 3 aromatic rings. The van der Waals surface area contributed by atoms with Gasteiger partial charge in [0, 0.05) is 0 Å². The first kappa shape index (κ1) is 15.3. The van der Waals surface area contributed by atoms with Crippen molar-refractivity contribution in [2.45, 2.75) is 0 Å². The fourth-order valence-corrected chi connectivity index (χ4v) is 3.28. The largest absolute Gasteiger partial charge is 0.363 e. The molecule has 0 spiro atoms. The van der Waals surface area contributed by atoms with E-state index in [0.717, 1.165) is 11.1 Å². The predicted octanol–water partition coefficient (Wildman–Crippen LogP) is 3.78. The molecule has 2 amide bonds. The Bertz CT molecular complexity index is 942. The Kier molecular flexibility index (Phi) is 3.66. The number of carbonyl (C=O) groups is 3. The number of carbonyl (C=O) groups excluding carboxylic acids is 3. The number of imide groups is 1. The van der Waals surface area contributed by atoms with Gasteiger partial charge in [-0.15, -0.1) is 0 Å². The lowest BCUT2D eigenvalue weighted by Gasteiger charge is -2.12. The number of hydroxylamine groups is 2. The third-order valence-electron chi connectivity index (χ3n) is 3.91. The summed E-state index contributed by atoms with van der Waals surface area (Å²) >= 11 is 1.59. The summed E-state index contributed by atoms with van der Waals surface area (Å²) in [5.74, 6) is -2.03. The highest BCUT2D eigenvalue weighted by Gasteiger charge is 2.38. The van der Waals surface area contributed by atoms with Crippen LogP contribution in [0.15, 0.2) is 65.4 Å². The molecule has 0 radical (unpaired) electrons. The van der Waals surface area contributed by atoms with Crippen molar-refractivity contribution in [3.05, 3.63) is 82.0 Å². The molecule has 0 atom stereocenters. The minimum Gasteiger partial charge on any atom is -0.324 e. The van der Waals surface area contributed by atoms with E-state index in [9.17, 15) is 14.4 Å². The van der Waals surface area contributed by atoms with Crippen LogP contribution in [0.5, 0.6) is 0 Å². The number of benzene rings is 2. The summed E-state index contributed by atoms with van der Waals surface area (Å²) in [7, 11) is 0. The van der Waals surface area contributed by atoms with Crippen molar-refractivity contribution in [3.8, 4) is 11.1 Å². The van der Waals surface area contributed by atoms with Crippen molar-refractivity contribution in [2.24, 2.45) is 0 Å². The molecule has 1 aromatic heterocycles. The van der Waals surface area contributed by atoms with Crippen LogP contribution >= 0.6 is 11.3 Å². The van der Waals surface area contributed by atoms with E-state index in [-0.39, 0.29) is 16.7 Å². The molecule has 25 heavy (non-hydrogen) atoms. The molecule has 2 aromatic carbocycles. The summed E-state index contributed by atoms with van der Waals surface area (Å²) in [6, 6.07) is 15.1. The van der Waals surface area contributed by atoms with Gasteiger partial charge in [-0.25, -0.2) is 4.79 Å². The Morgan fingerprint density at radius 2 is 1.48 bits per heavy atom. The number of hydrogen-bond donors (Lipinski definition) is 0. The molecule has 0 saturated heterocycles. The summed E-state index contributed by atoms with van der Waals surface area (Å²) in [6.45, 7) is 0. The Balaban J connectivity index is 1.53. The smallest absolute Gasteiger partial charge is 0.324 e. The van der Waals surface area contributed by atoms with Gasteiger partial charge < -0.3 is 4.84 Å². The zero-order valence-electron chi connectivity index (χ0n) is 12.8. The van der Waals surface area contributed by atoms with Gasteiger partial charge in [-0.3, -0.25) is 9.59 Å². The molecule has 6 heteroatoms. The first-order valence-corrected chi connectivity index (χ1v) is 8.42. The molecular formula is C19H11NO4S. The summed E-state index contributed by atoms with van der Waals surface area (Å²) in [5.41, 5.74) is 2.75. The Morgan fingerprint density at radius 1 is 0.840 bits per heavy atom. The van der Waals surface area contributed by atoms with Crippen LogP contribution in [-0.4, -0.2) is 22.8 Å². The average Bonchev–Trinajstić information content (AvgIpc) is 3.26. The Morgan fingerprint density at radius 3 is 2.04 bits per heavy atom. The minimum absolute atomic E-state index is 0.230. The SMILES string of the molecule is O=C(ON1C(=O)c2ccccc2C1=O)c1ccc(-c2ccsc2)cc1. The van der Waals surface area contributed by atoms with Crippen LogP contribution in [0.2, 0.25) is 0 Å². The first-order chi connectivity index (χ1) is 12.1. The molecule has 1 aliphatic heterocycles. The van der Waals surface area contributed by atoms with Crippen LogP contribution < -0.4 is 0 Å². The van der Waals surface area contributed by atoms with Gasteiger partial charge in [0.05, 0.1) is 16.7 Å². The van der Waals surface area contributed by atoms with Crippen molar-refractivity contribution in [1.82, 2.24) is 5.06 Å². The van der Waals surface area contributed by atoms with Crippen LogP contribution in [0.4, 0.5) is 0 Å². The van der Waals surface area contributed by atoms with E-state index in [1.54, 1.807) is 47.7 Å². The van der Waals surface area contributed by atoms with Crippen molar-refractivity contribution < 1.29 is 19.2 Å². The lowest BCUT2D eigenvalue weighted by atomic mass is 10.1. The normalized spacial score (nSPS) is 13.0. The highest BCUT2D eigenvalue weighted by molar-refractivity contribution is 7.08.